The number of amides is 2. The van der Waals surface area contributed by atoms with Crippen LogP contribution < -0.4 is 10.2 Å². The van der Waals surface area contributed by atoms with Gasteiger partial charge in [-0.3, -0.25) is 9.59 Å². The van der Waals surface area contributed by atoms with Crippen molar-refractivity contribution >= 4 is 23.2 Å². The molecule has 29 heavy (non-hydrogen) atoms. The molecule has 0 bridgehead atoms. The molecule has 0 saturated carbocycles. The zero-order chi connectivity index (χ0) is 21.6. The Kier molecular flexibility index (Phi) is 7.43. The predicted molar refractivity (Wildman–Crippen MR) is 120 cm³/mol. The van der Waals surface area contributed by atoms with E-state index in [9.17, 15) is 9.59 Å². The van der Waals surface area contributed by atoms with E-state index in [1.54, 1.807) is 6.92 Å². The van der Waals surface area contributed by atoms with Crippen molar-refractivity contribution in [2.24, 2.45) is 5.41 Å². The number of benzene rings is 2. The minimum atomic E-state index is -0.0718. The molecule has 156 valence electrons. The summed E-state index contributed by atoms with van der Waals surface area (Å²) in [5, 5.41) is 3.00. The molecule has 0 radical (unpaired) electrons. The van der Waals surface area contributed by atoms with Gasteiger partial charge < -0.3 is 15.1 Å². The maximum atomic E-state index is 12.3. The van der Waals surface area contributed by atoms with E-state index in [0.717, 1.165) is 22.5 Å². The molecule has 0 unspecified atom stereocenters. The summed E-state index contributed by atoms with van der Waals surface area (Å²) >= 11 is 0. The number of hydrogen-bond acceptors (Lipinski definition) is 3. The molecule has 0 atom stereocenters. The molecule has 0 aliphatic carbocycles. The molecular formula is C24H33N3O2. The second-order valence-corrected chi connectivity index (χ2v) is 8.88. The van der Waals surface area contributed by atoms with Crippen LogP contribution in [-0.4, -0.2) is 30.8 Å². The van der Waals surface area contributed by atoms with Gasteiger partial charge in [0.05, 0.1) is 0 Å². The number of nitrogens with one attached hydrogen (secondary N) is 1. The zero-order valence-corrected chi connectivity index (χ0v) is 18.5. The lowest BCUT2D eigenvalue weighted by Crippen LogP contribution is -2.28. The number of carbonyl (C=O) groups excluding carboxylic acids is 2. The van der Waals surface area contributed by atoms with Crippen LogP contribution in [0.3, 0.4) is 0 Å². The van der Waals surface area contributed by atoms with Crippen molar-refractivity contribution in [1.29, 1.82) is 0 Å². The molecule has 0 heterocycles. The van der Waals surface area contributed by atoms with Crippen LogP contribution in [0.2, 0.25) is 0 Å². The lowest BCUT2D eigenvalue weighted by Gasteiger charge is -2.26. The van der Waals surface area contributed by atoms with Gasteiger partial charge in [0.1, 0.15) is 0 Å². The van der Waals surface area contributed by atoms with Crippen LogP contribution in [0.1, 0.15) is 45.2 Å². The Morgan fingerprint density at radius 2 is 1.62 bits per heavy atom. The Balaban J connectivity index is 2.25. The summed E-state index contributed by atoms with van der Waals surface area (Å²) in [7, 11) is 3.96. The van der Waals surface area contributed by atoms with Crippen LogP contribution in [-0.2, 0) is 22.7 Å². The third kappa shape index (κ3) is 7.26. The Hall–Kier alpha value is -2.82. The average molecular weight is 396 g/mol. The maximum absolute atomic E-state index is 12.3. The molecule has 0 aliphatic heterocycles. The van der Waals surface area contributed by atoms with Gasteiger partial charge in [-0.05, 0) is 34.7 Å². The fourth-order valence-electron chi connectivity index (χ4n) is 3.20. The number of carbonyl (C=O) groups is 2. The first-order valence-corrected chi connectivity index (χ1v) is 9.95. The molecule has 2 rings (SSSR count). The third-order valence-corrected chi connectivity index (χ3v) is 4.56. The van der Waals surface area contributed by atoms with E-state index in [-0.39, 0.29) is 17.2 Å². The summed E-state index contributed by atoms with van der Waals surface area (Å²) in [6.07, 6.45) is 0.450. The highest BCUT2D eigenvalue weighted by Crippen LogP contribution is 2.26. The molecule has 0 fully saturated rings. The molecule has 0 aliphatic rings. The topological polar surface area (TPSA) is 52.7 Å². The number of rotatable bonds is 7. The Bertz CT molecular complexity index is 839. The van der Waals surface area contributed by atoms with Crippen molar-refractivity contribution in [1.82, 2.24) is 4.90 Å². The number of anilines is 2. The molecule has 2 amide bonds. The predicted octanol–water partition coefficient (Wildman–Crippen LogP) is 4.68. The molecular weight excluding hydrogens is 362 g/mol. The van der Waals surface area contributed by atoms with Crippen molar-refractivity contribution in [3.05, 3.63) is 59.7 Å². The molecule has 5 nitrogen and oxygen atoms in total. The van der Waals surface area contributed by atoms with Crippen LogP contribution in [0.25, 0.3) is 0 Å². The SMILES string of the molecule is CC(=O)N(Cc1ccccc1)Cc1cc(NC(=O)CC(C)(C)C)ccc1N(C)C. The molecule has 0 saturated heterocycles. The van der Waals surface area contributed by atoms with Gasteiger partial charge in [0.25, 0.3) is 0 Å². The highest BCUT2D eigenvalue weighted by Gasteiger charge is 2.18. The first-order chi connectivity index (χ1) is 13.5. The molecule has 2 aromatic rings. The van der Waals surface area contributed by atoms with Gasteiger partial charge in [-0.15, -0.1) is 0 Å². The largest absolute Gasteiger partial charge is 0.377 e. The average Bonchev–Trinajstić information content (AvgIpc) is 2.60. The quantitative estimate of drug-likeness (QED) is 0.741. The van der Waals surface area contributed by atoms with Crippen LogP contribution in [0, 0.1) is 5.41 Å². The van der Waals surface area contributed by atoms with Gasteiger partial charge in [-0.2, -0.15) is 0 Å². The van der Waals surface area contributed by atoms with E-state index in [1.165, 1.54) is 0 Å². The normalized spacial score (nSPS) is 11.1. The van der Waals surface area contributed by atoms with Crippen LogP contribution in [0.5, 0.6) is 0 Å². The Morgan fingerprint density at radius 1 is 0.966 bits per heavy atom. The number of hydrogen-bond donors (Lipinski definition) is 1. The molecule has 5 heteroatoms. The second kappa shape index (κ2) is 9.59. The van der Waals surface area contributed by atoms with Crippen molar-refractivity contribution in [3.8, 4) is 0 Å². The van der Waals surface area contributed by atoms with Crippen molar-refractivity contribution in [3.63, 3.8) is 0 Å². The van der Waals surface area contributed by atoms with Gasteiger partial charge in [0.2, 0.25) is 11.8 Å². The molecule has 0 aromatic heterocycles. The molecule has 0 spiro atoms. The summed E-state index contributed by atoms with van der Waals surface area (Å²) in [6.45, 7) is 8.74. The van der Waals surface area contributed by atoms with Crippen LogP contribution in [0.4, 0.5) is 11.4 Å². The first-order valence-electron chi connectivity index (χ1n) is 9.95. The summed E-state index contributed by atoms with van der Waals surface area (Å²) in [6, 6.07) is 15.8. The Morgan fingerprint density at radius 3 is 2.17 bits per heavy atom. The molecule has 1 N–H and O–H groups in total. The van der Waals surface area contributed by atoms with Crippen molar-refractivity contribution < 1.29 is 9.59 Å². The maximum Gasteiger partial charge on any atom is 0.224 e. The summed E-state index contributed by atoms with van der Waals surface area (Å²) < 4.78 is 0. The summed E-state index contributed by atoms with van der Waals surface area (Å²) in [5.74, 6) is 0.00879. The summed E-state index contributed by atoms with van der Waals surface area (Å²) in [5.41, 5.74) is 3.79. The highest BCUT2D eigenvalue weighted by molar-refractivity contribution is 5.91. The van der Waals surface area contributed by atoms with E-state index in [2.05, 4.69) is 5.32 Å². The smallest absolute Gasteiger partial charge is 0.224 e. The summed E-state index contributed by atoms with van der Waals surface area (Å²) in [4.78, 5) is 28.5. The lowest BCUT2D eigenvalue weighted by molar-refractivity contribution is -0.130. The third-order valence-electron chi connectivity index (χ3n) is 4.56. The zero-order valence-electron chi connectivity index (χ0n) is 18.5. The fraction of sp³-hybridized carbons (Fsp3) is 0.417. The van der Waals surface area contributed by atoms with E-state index in [0.29, 0.717) is 19.5 Å². The van der Waals surface area contributed by atoms with Gasteiger partial charge in [-0.1, -0.05) is 51.1 Å². The standard InChI is InChI=1S/C24H33N3O2/c1-18(28)27(16-19-10-8-7-9-11-19)17-20-14-21(12-13-22(20)26(5)6)25-23(29)15-24(2,3)4/h7-14H,15-17H2,1-6H3,(H,25,29). The van der Waals surface area contributed by atoms with Crippen molar-refractivity contribution in [2.45, 2.75) is 47.2 Å². The second-order valence-electron chi connectivity index (χ2n) is 8.88. The lowest BCUT2D eigenvalue weighted by atomic mass is 9.92. The first kappa shape index (κ1) is 22.5. The van der Waals surface area contributed by atoms with E-state index in [1.807, 2.05) is 93.2 Å². The minimum Gasteiger partial charge on any atom is -0.377 e. The molecule has 2 aromatic carbocycles. The van der Waals surface area contributed by atoms with Crippen LogP contribution >= 0.6 is 0 Å². The van der Waals surface area contributed by atoms with E-state index in [4.69, 9.17) is 0 Å². The van der Waals surface area contributed by atoms with E-state index >= 15 is 0 Å². The fourth-order valence-corrected chi connectivity index (χ4v) is 3.20. The number of nitrogens with zero attached hydrogens (tertiary/aromatic N) is 2. The van der Waals surface area contributed by atoms with Gasteiger partial charge in [0.15, 0.2) is 0 Å². The van der Waals surface area contributed by atoms with Gasteiger partial charge in [-0.25, -0.2) is 0 Å². The minimum absolute atomic E-state index is 0.00578. The van der Waals surface area contributed by atoms with Crippen LogP contribution in [0.15, 0.2) is 48.5 Å². The Labute approximate surface area is 174 Å². The monoisotopic (exact) mass is 395 g/mol. The van der Waals surface area contributed by atoms with Crippen molar-refractivity contribution in [2.75, 3.05) is 24.3 Å². The van der Waals surface area contributed by atoms with E-state index < -0.39 is 0 Å². The van der Waals surface area contributed by atoms with Gasteiger partial charge >= 0.3 is 0 Å². The van der Waals surface area contributed by atoms with Gasteiger partial charge in [0, 0.05) is 51.9 Å². The highest BCUT2D eigenvalue weighted by atomic mass is 16.2.